The van der Waals surface area contributed by atoms with Gasteiger partial charge in [-0.05, 0) is 29.8 Å². The van der Waals surface area contributed by atoms with Crippen LogP contribution in [0.25, 0.3) is 11.6 Å². The van der Waals surface area contributed by atoms with Gasteiger partial charge in [0.05, 0.1) is 0 Å². The van der Waals surface area contributed by atoms with E-state index in [1.54, 1.807) is 25.2 Å². The number of rotatable bonds is 5. The Morgan fingerprint density at radius 2 is 2.13 bits per heavy atom. The van der Waals surface area contributed by atoms with Gasteiger partial charge in [-0.1, -0.05) is 23.9 Å². The third-order valence-electron chi connectivity index (χ3n) is 3.18. The van der Waals surface area contributed by atoms with Crippen molar-refractivity contribution in [2.45, 2.75) is 11.0 Å². The molecular weight excluding hydrogens is 312 g/mol. The highest BCUT2D eigenvalue weighted by Crippen LogP contribution is 2.25. The minimum atomic E-state index is -0.0105. The zero-order valence-corrected chi connectivity index (χ0v) is 13.6. The second-order valence-corrected chi connectivity index (χ2v) is 6.07. The van der Waals surface area contributed by atoms with Crippen molar-refractivity contribution in [3.63, 3.8) is 0 Å². The van der Waals surface area contributed by atoms with Crippen LogP contribution in [0.3, 0.4) is 0 Å². The number of hydrogen-bond acceptors (Lipinski definition) is 5. The van der Waals surface area contributed by atoms with Crippen molar-refractivity contribution in [3.05, 3.63) is 53.7 Å². The second-order valence-electron chi connectivity index (χ2n) is 5.15. The lowest BCUT2D eigenvalue weighted by atomic mass is 10.1. The summed E-state index contributed by atoms with van der Waals surface area (Å²) >= 11 is 1.44. The fraction of sp³-hybridized carbons (Fsp3) is 0.188. The zero-order chi connectivity index (χ0) is 16.2. The van der Waals surface area contributed by atoms with E-state index in [9.17, 15) is 4.79 Å². The first-order chi connectivity index (χ1) is 11.1. The molecule has 0 radical (unpaired) electrons. The van der Waals surface area contributed by atoms with Crippen LogP contribution in [0.1, 0.15) is 15.9 Å². The highest BCUT2D eigenvalue weighted by molar-refractivity contribution is 7.98. The summed E-state index contributed by atoms with van der Waals surface area (Å²) in [5.41, 5.74) is 2.50. The minimum Gasteiger partial charge on any atom is -0.410 e. The number of aromatic nitrogens is 3. The molecule has 2 heterocycles. The zero-order valence-electron chi connectivity index (χ0n) is 12.8. The smallest absolute Gasteiger partial charge is 0.277 e. The number of nitrogens with one attached hydrogen (secondary N) is 1. The SMILES string of the molecule is CN(C)C(=O)c1cccc(CSc2nnc(-c3ccc[nH]3)o2)c1. The number of amides is 1. The summed E-state index contributed by atoms with van der Waals surface area (Å²) in [5, 5.41) is 8.53. The molecule has 0 spiro atoms. The van der Waals surface area contributed by atoms with Crippen LogP contribution in [0.15, 0.2) is 52.2 Å². The van der Waals surface area contributed by atoms with Gasteiger partial charge in [-0.25, -0.2) is 0 Å². The molecule has 2 aromatic heterocycles. The van der Waals surface area contributed by atoms with E-state index < -0.39 is 0 Å². The molecule has 7 heteroatoms. The standard InChI is InChI=1S/C16H16N4O2S/c1-20(2)15(21)12-6-3-5-11(9-12)10-23-16-19-18-14(22-16)13-7-4-8-17-13/h3-9,17H,10H2,1-2H3. The number of aromatic amines is 1. The van der Waals surface area contributed by atoms with Gasteiger partial charge >= 0.3 is 0 Å². The number of benzene rings is 1. The predicted octanol–water partition coefficient (Wildman–Crippen LogP) is 3.06. The molecule has 1 amide bonds. The molecule has 3 rings (SSSR count). The van der Waals surface area contributed by atoms with Crippen molar-refractivity contribution in [2.75, 3.05) is 14.1 Å². The molecule has 0 aliphatic heterocycles. The number of H-pyrrole nitrogens is 1. The van der Waals surface area contributed by atoms with Gasteiger partial charge in [-0.3, -0.25) is 4.79 Å². The Balaban J connectivity index is 1.67. The molecule has 0 fully saturated rings. The van der Waals surface area contributed by atoms with E-state index in [-0.39, 0.29) is 5.91 Å². The van der Waals surface area contributed by atoms with Crippen molar-refractivity contribution in [3.8, 4) is 11.6 Å². The molecular formula is C16H16N4O2S. The lowest BCUT2D eigenvalue weighted by molar-refractivity contribution is 0.0827. The number of nitrogens with zero attached hydrogens (tertiary/aromatic N) is 3. The molecule has 6 nitrogen and oxygen atoms in total. The first-order valence-electron chi connectivity index (χ1n) is 7.04. The van der Waals surface area contributed by atoms with Gasteiger partial charge in [-0.15, -0.1) is 10.2 Å². The summed E-state index contributed by atoms with van der Waals surface area (Å²) in [5.74, 6) is 1.11. The van der Waals surface area contributed by atoms with Crippen LogP contribution in [0.4, 0.5) is 0 Å². The minimum absolute atomic E-state index is 0.0105. The highest BCUT2D eigenvalue weighted by atomic mass is 32.2. The summed E-state index contributed by atoms with van der Waals surface area (Å²) < 4.78 is 5.60. The van der Waals surface area contributed by atoms with Crippen molar-refractivity contribution in [2.24, 2.45) is 0 Å². The number of carbonyl (C=O) groups is 1. The maximum atomic E-state index is 12.0. The van der Waals surface area contributed by atoms with Crippen LogP contribution < -0.4 is 0 Å². The third kappa shape index (κ3) is 3.62. The van der Waals surface area contributed by atoms with E-state index in [2.05, 4.69) is 15.2 Å². The maximum absolute atomic E-state index is 12.0. The average molecular weight is 328 g/mol. The molecule has 3 aromatic rings. The van der Waals surface area contributed by atoms with Gasteiger partial charge in [-0.2, -0.15) is 0 Å². The van der Waals surface area contributed by atoms with Crippen molar-refractivity contribution < 1.29 is 9.21 Å². The van der Waals surface area contributed by atoms with E-state index in [4.69, 9.17) is 4.42 Å². The average Bonchev–Trinajstić information content (AvgIpc) is 3.23. The van der Waals surface area contributed by atoms with Gasteiger partial charge in [0.15, 0.2) is 0 Å². The summed E-state index contributed by atoms with van der Waals surface area (Å²) in [6.07, 6.45) is 1.81. The van der Waals surface area contributed by atoms with Gasteiger partial charge in [0.1, 0.15) is 5.69 Å². The molecule has 0 bridgehead atoms. The van der Waals surface area contributed by atoms with Crippen LogP contribution in [0, 0.1) is 0 Å². The summed E-state index contributed by atoms with van der Waals surface area (Å²) in [6, 6.07) is 11.3. The van der Waals surface area contributed by atoms with Crippen LogP contribution >= 0.6 is 11.8 Å². The van der Waals surface area contributed by atoms with E-state index in [1.165, 1.54) is 11.8 Å². The Labute approximate surface area is 137 Å². The number of carbonyl (C=O) groups excluding carboxylic acids is 1. The fourth-order valence-electron chi connectivity index (χ4n) is 2.04. The summed E-state index contributed by atoms with van der Waals surface area (Å²) in [7, 11) is 3.48. The number of thioether (sulfide) groups is 1. The van der Waals surface area contributed by atoms with Gasteiger partial charge in [0.25, 0.3) is 17.0 Å². The number of hydrogen-bond donors (Lipinski definition) is 1. The van der Waals surface area contributed by atoms with Crippen molar-refractivity contribution in [1.82, 2.24) is 20.1 Å². The molecule has 0 saturated carbocycles. The summed E-state index contributed by atoms with van der Waals surface area (Å²) in [4.78, 5) is 16.6. The Bertz CT molecular complexity index is 796. The second kappa shape index (κ2) is 6.70. The topological polar surface area (TPSA) is 75.0 Å². The van der Waals surface area contributed by atoms with Crippen LogP contribution in [-0.2, 0) is 5.75 Å². The monoisotopic (exact) mass is 328 g/mol. The van der Waals surface area contributed by atoms with Crippen LogP contribution in [-0.4, -0.2) is 40.1 Å². The molecule has 23 heavy (non-hydrogen) atoms. The van der Waals surface area contributed by atoms with E-state index in [1.807, 2.05) is 36.4 Å². The maximum Gasteiger partial charge on any atom is 0.277 e. The van der Waals surface area contributed by atoms with Gasteiger partial charge < -0.3 is 14.3 Å². The molecule has 0 aliphatic rings. The Morgan fingerprint density at radius 3 is 2.87 bits per heavy atom. The molecule has 1 N–H and O–H groups in total. The first-order valence-corrected chi connectivity index (χ1v) is 8.02. The van der Waals surface area contributed by atoms with Gasteiger partial charge in [0, 0.05) is 31.6 Å². The molecule has 118 valence electrons. The lowest BCUT2D eigenvalue weighted by Gasteiger charge is -2.10. The molecule has 0 saturated heterocycles. The van der Waals surface area contributed by atoms with Crippen molar-refractivity contribution in [1.29, 1.82) is 0 Å². The third-order valence-corrected chi connectivity index (χ3v) is 4.07. The molecule has 1 aromatic carbocycles. The Morgan fingerprint density at radius 1 is 1.26 bits per heavy atom. The molecule has 0 aliphatic carbocycles. The summed E-state index contributed by atoms with van der Waals surface area (Å²) in [6.45, 7) is 0. The normalized spacial score (nSPS) is 10.7. The highest BCUT2D eigenvalue weighted by Gasteiger charge is 2.11. The lowest BCUT2D eigenvalue weighted by Crippen LogP contribution is -2.21. The predicted molar refractivity (Wildman–Crippen MR) is 88.1 cm³/mol. The largest absolute Gasteiger partial charge is 0.410 e. The first kappa shape index (κ1) is 15.4. The van der Waals surface area contributed by atoms with E-state index >= 15 is 0 Å². The molecule has 0 atom stereocenters. The fourth-order valence-corrected chi connectivity index (χ4v) is 2.74. The molecule has 0 unspecified atom stereocenters. The Kier molecular flexibility index (Phi) is 4.47. The Hall–Kier alpha value is -2.54. The van der Waals surface area contributed by atoms with Crippen LogP contribution in [0.2, 0.25) is 0 Å². The van der Waals surface area contributed by atoms with E-state index in [0.29, 0.717) is 22.4 Å². The van der Waals surface area contributed by atoms with Crippen LogP contribution in [0.5, 0.6) is 0 Å². The van der Waals surface area contributed by atoms with E-state index in [0.717, 1.165) is 11.3 Å². The van der Waals surface area contributed by atoms with Crippen molar-refractivity contribution >= 4 is 17.7 Å². The quantitative estimate of drug-likeness (QED) is 0.729. The van der Waals surface area contributed by atoms with Gasteiger partial charge in [0.2, 0.25) is 0 Å².